The minimum absolute atomic E-state index is 0.00944. The SMILES string of the molecule is CCNC(=O)c1noc(-c2cc(C(C)C)c(OC(=O)C(NC(=O)OC(C)(C)C)C(C)C)cc2OC(=O)C(NC(=O)OC(C)(C)C)C(C)C)c1-c1noc(C)n1. The standard InChI is InChI=1S/C38H54N6O11/c1-15-39-32(45)29-26(31-40-21(8)54-44-31)30(55-43-29)23-16-22(18(2)3)24(50-33(46)27(19(4)5)41-35(48)52-37(9,10)11)17-25(23)51-34(47)28(20(6)7)42-36(49)53-38(12,13)14/h16-20,27-28H,15H2,1-14H3,(H,39,45)(H,41,48)(H,42,49). The zero-order valence-corrected chi connectivity index (χ0v) is 34.1. The molecule has 2 heterocycles. The van der Waals surface area contributed by atoms with Gasteiger partial charge in [-0.25, -0.2) is 19.2 Å². The van der Waals surface area contributed by atoms with Crippen LogP contribution < -0.4 is 25.4 Å². The van der Waals surface area contributed by atoms with Gasteiger partial charge >= 0.3 is 24.1 Å². The Balaban J connectivity index is 2.27. The average Bonchev–Trinajstić information content (AvgIpc) is 3.66. The summed E-state index contributed by atoms with van der Waals surface area (Å²) in [7, 11) is 0. The van der Waals surface area contributed by atoms with Gasteiger partial charge in [-0.1, -0.05) is 51.9 Å². The minimum Gasteiger partial charge on any atom is -0.444 e. The summed E-state index contributed by atoms with van der Waals surface area (Å²) in [6, 6.07) is 0.536. The number of aryl methyl sites for hydroxylation is 1. The maximum Gasteiger partial charge on any atom is 0.408 e. The van der Waals surface area contributed by atoms with Crippen LogP contribution >= 0.6 is 0 Å². The molecule has 3 rings (SSSR count). The fourth-order valence-corrected chi connectivity index (χ4v) is 5.07. The Bertz CT molecular complexity index is 1860. The van der Waals surface area contributed by atoms with Crippen LogP contribution in [-0.4, -0.2) is 75.2 Å². The number of ether oxygens (including phenoxy) is 4. The molecule has 0 radical (unpaired) electrons. The van der Waals surface area contributed by atoms with E-state index in [9.17, 15) is 24.0 Å². The number of hydrogen-bond donors (Lipinski definition) is 3. The second kappa shape index (κ2) is 17.8. The Labute approximate surface area is 320 Å². The summed E-state index contributed by atoms with van der Waals surface area (Å²) in [4.78, 5) is 70.7. The van der Waals surface area contributed by atoms with E-state index in [0.29, 0.717) is 5.56 Å². The highest BCUT2D eigenvalue weighted by Crippen LogP contribution is 2.44. The van der Waals surface area contributed by atoms with Crippen LogP contribution in [0.5, 0.6) is 11.5 Å². The van der Waals surface area contributed by atoms with Crippen molar-refractivity contribution in [3.05, 3.63) is 29.3 Å². The van der Waals surface area contributed by atoms with Gasteiger partial charge in [0.2, 0.25) is 11.7 Å². The Morgan fingerprint density at radius 1 is 0.745 bits per heavy atom. The first-order valence-electron chi connectivity index (χ1n) is 18.1. The van der Waals surface area contributed by atoms with E-state index in [1.165, 1.54) is 6.07 Å². The first kappa shape index (κ1) is 43.9. The van der Waals surface area contributed by atoms with E-state index in [0.717, 1.165) is 0 Å². The molecule has 17 nitrogen and oxygen atoms in total. The quantitative estimate of drug-likeness (QED) is 0.125. The maximum absolute atomic E-state index is 14.0. The predicted octanol–water partition coefficient (Wildman–Crippen LogP) is 6.48. The summed E-state index contributed by atoms with van der Waals surface area (Å²) >= 11 is 0. The summed E-state index contributed by atoms with van der Waals surface area (Å²) in [5.74, 6) is -3.66. The molecule has 0 aliphatic carbocycles. The zero-order valence-electron chi connectivity index (χ0n) is 34.1. The molecule has 3 aromatic rings. The number of benzene rings is 1. The molecule has 2 aromatic heterocycles. The fraction of sp³-hybridized carbons (Fsp3) is 0.579. The normalized spacial score (nSPS) is 13.0. The molecule has 0 saturated heterocycles. The van der Waals surface area contributed by atoms with Gasteiger partial charge in [-0.15, -0.1) is 0 Å². The number of rotatable bonds is 13. The summed E-state index contributed by atoms with van der Waals surface area (Å²) in [6.45, 7) is 24.2. The minimum atomic E-state index is -1.21. The van der Waals surface area contributed by atoms with E-state index in [1.807, 2.05) is 13.8 Å². The molecule has 3 N–H and O–H groups in total. The van der Waals surface area contributed by atoms with E-state index in [4.69, 9.17) is 28.0 Å². The van der Waals surface area contributed by atoms with E-state index >= 15 is 0 Å². The second-order valence-corrected chi connectivity index (χ2v) is 15.9. The molecule has 0 aliphatic rings. The molecule has 302 valence electrons. The van der Waals surface area contributed by atoms with Crippen LogP contribution in [0, 0.1) is 18.8 Å². The summed E-state index contributed by atoms with van der Waals surface area (Å²) in [6.07, 6.45) is -1.66. The van der Waals surface area contributed by atoms with Crippen LogP contribution in [0.25, 0.3) is 22.7 Å². The number of esters is 2. The monoisotopic (exact) mass is 770 g/mol. The highest BCUT2D eigenvalue weighted by atomic mass is 16.6. The number of alkyl carbamates (subject to hydrolysis) is 2. The summed E-state index contributed by atoms with van der Waals surface area (Å²) in [5.41, 5.74) is -1.26. The molecule has 2 atom stereocenters. The number of aromatic nitrogens is 3. The largest absolute Gasteiger partial charge is 0.444 e. The topological polar surface area (TPSA) is 223 Å². The van der Waals surface area contributed by atoms with Crippen molar-refractivity contribution in [3.63, 3.8) is 0 Å². The van der Waals surface area contributed by atoms with Crippen molar-refractivity contribution in [2.24, 2.45) is 11.8 Å². The van der Waals surface area contributed by atoms with E-state index in [1.54, 1.807) is 89.2 Å². The molecule has 55 heavy (non-hydrogen) atoms. The molecule has 0 spiro atoms. The van der Waals surface area contributed by atoms with Gasteiger partial charge in [-0.3, -0.25) is 4.79 Å². The molecular weight excluding hydrogens is 716 g/mol. The van der Waals surface area contributed by atoms with Crippen LogP contribution in [0.15, 0.2) is 21.2 Å². The molecule has 0 bridgehead atoms. The Hall–Kier alpha value is -5.48. The van der Waals surface area contributed by atoms with Gasteiger partial charge in [0.1, 0.15) is 40.3 Å². The van der Waals surface area contributed by atoms with Gasteiger partial charge < -0.3 is 43.9 Å². The highest BCUT2D eigenvalue weighted by molar-refractivity contribution is 6.02. The lowest BCUT2D eigenvalue weighted by molar-refractivity contribution is -0.138. The van der Waals surface area contributed by atoms with Crippen LogP contribution in [0.1, 0.15) is 118 Å². The van der Waals surface area contributed by atoms with Gasteiger partial charge in [0.05, 0.1) is 5.56 Å². The maximum atomic E-state index is 14.0. The van der Waals surface area contributed by atoms with Crippen molar-refractivity contribution in [1.82, 2.24) is 31.2 Å². The number of nitrogens with one attached hydrogen (secondary N) is 3. The van der Waals surface area contributed by atoms with E-state index < -0.39 is 65.2 Å². The second-order valence-electron chi connectivity index (χ2n) is 15.9. The lowest BCUT2D eigenvalue weighted by Gasteiger charge is -2.26. The first-order valence-corrected chi connectivity index (χ1v) is 18.1. The molecule has 1 aromatic carbocycles. The van der Waals surface area contributed by atoms with Gasteiger partial charge in [0.25, 0.3) is 5.91 Å². The third kappa shape index (κ3) is 12.0. The van der Waals surface area contributed by atoms with Crippen molar-refractivity contribution in [3.8, 4) is 34.2 Å². The molecular formula is C38H54N6O11. The Kier molecular flexibility index (Phi) is 14.2. The molecule has 2 unspecified atom stereocenters. The van der Waals surface area contributed by atoms with Crippen molar-refractivity contribution >= 4 is 30.0 Å². The third-order valence-electron chi connectivity index (χ3n) is 7.58. The lowest BCUT2D eigenvalue weighted by Crippen LogP contribution is -2.48. The Morgan fingerprint density at radius 2 is 1.25 bits per heavy atom. The van der Waals surface area contributed by atoms with E-state index in [-0.39, 0.29) is 58.3 Å². The van der Waals surface area contributed by atoms with Crippen LogP contribution in [0.2, 0.25) is 0 Å². The molecule has 0 aliphatic heterocycles. The van der Waals surface area contributed by atoms with Crippen LogP contribution in [-0.2, 0) is 19.1 Å². The van der Waals surface area contributed by atoms with E-state index in [2.05, 4.69) is 31.2 Å². The number of nitrogens with zero attached hydrogens (tertiary/aromatic N) is 3. The van der Waals surface area contributed by atoms with Gasteiger partial charge in [0.15, 0.2) is 11.5 Å². The van der Waals surface area contributed by atoms with Crippen LogP contribution in [0.4, 0.5) is 9.59 Å². The van der Waals surface area contributed by atoms with Crippen molar-refractivity contribution in [1.29, 1.82) is 0 Å². The Morgan fingerprint density at radius 3 is 1.67 bits per heavy atom. The first-order chi connectivity index (χ1) is 25.4. The van der Waals surface area contributed by atoms with Crippen molar-refractivity contribution < 1.29 is 52.0 Å². The molecule has 0 fully saturated rings. The molecule has 0 saturated carbocycles. The zero-order chi connectivity index (χ0) is 41.6. The average molecular weight is 771 g/mol. The number of hydrogen-bond acceptors (Lipinski definition) is 14. The molecule has 3 amide bonds. The smallest absolute Gasteiger partial charge is 0.408 e. The van der Waals surface area contributed by atoms with Gasteiger partial charge in [-0.2, -0.15) is 4.98 Å². The van der Waals surface area contributed by atoms with Gasteiger partial charge in [0, 0.05) is 19.5 Å². The third-order valence-corrected chi connectivity index (χ3v) is 7.58. The van der Waals surface area contributed by atoms with Gasteiger partial charge in [-0.05, 0) is 77.8 Å². The highest BCUT2D eigenvalue weighted by Gasteiger charge is 2.35. The van der Waals surface area contributed by atoms with Crippen molar-refractivity contribution in [2.45, 2.75) is 126 Å². The summed E-state index contributed by atoms with van der Waals surface area (Å²) in [5, 5.41) is 15.9. The summed E-state index contributed by atoms with van der Waals surface area (Å²) < 4.78 is 33.7. The molecule has 17 heteroatoms. The lowest BCUT2D eigenvalue weighted by atomic mass is 9.95. The predicted molar refractivity (Wildman–Crippen MR) is 199 cm³/mol. The van der Waals surface area contributed by atoms with Crippen LogP contribution in [0.3, 0.4) is 0 Å². The number of carbonyl (C=O) groups is 5. The number of carbonyl (C=O) groups excluding carboxylic acids is 5. The van der Waals surface area contributed by atoms with Crippen molar-refractivity contribution in [2.75, 3.05) is 6.54 Å². The number of amides is 3. The fourth-order valence-electron chi connectivity index (χ4n) is 5.07.